The maximum Gasteiger partial charge on any atom is 0.0636 e. The van der Waals surface area contributed by atoms with Gasteiger partial charge >= 0.3 is 0 Å². The molecule has 0 bridgehead atoms. The number of hydrogen-bond acceptors (Lipinski definition) is 2. The first kappa shape index (κ1) is 9.92. The molecule has 62 valence electrons. The zero-order valence-corrected chi connectivity index (χ0v) is 7.22. The molecule has 0 aromatic carbocycles. The molecule has 1 unspecified atom stereocenters. The van der Waals surface area contributed by atoms with E-state index in [4.69, 9.17) is 5.11 Å². The Bertz CT molecular complexity index is 73.7. The van der Waals surface area contributed by atoms with E-state index in [-0.39, 0.29) is 6.10 Å². The highest BCUT2D eigenvalue weighted by molar-refractivity contribution is 4.56. The van der Waals surface area contributed by atoms with Gasteiger partial charge in [0.2, 0.25) is 0 Å². The highest BCUT2D eigenvalue weighted by Gasteiger charge is 1.98. The lowest BCUT2D eigenvalue weighted by atomic mass is 10.1. The third kappa shape index (κ3) is 6.05. The van der Waals surface area contributed by atoms with Crippen LogP contribution in [0.5, 0.6) is 0 Å². The van der Waals surface area contributed by atoms with Gasteiger partial charge in [0.05, 0.1) is 6.10 Å². The molecular formula is C8H19NO. The van der Waals surface area contributed by atoms with Gasteiger partial charge < -0.3 is 10.4 Å². The van der Waals surface area contributed by atoms with E-state index in [1.54, 1.807) is 6.92 Å². The third-order valence-electron chi connectivity index (χ3n) is 1.63. The van der Waals surface area contributed by atoms with Crippen LogP contribution in [0.3, 0.4) is 0 Å². The van der Waals surface area contributed by atoms with Crippen LogP contribution in [0.4, 0.5) is 0 Å². The van der Waals surface area contributed by atoms with Crippen LogP contribution < -0.4 is 5.32 Å². The number of rotatable bonds is 5. The van der Waals surface area contributed by atoms with Crippen molar-refractivity contribution in [1.82, 2.24) is 5.32 Å². The van der Waals surface area contributed by atoms with Crippen molar-refractivity contribution in [2.24, 2.45) is 5.92 Å². The fraction of sp³-hybridized carbons (Fsp3) is 1.00. The largest absolute Gasteiger partial charge is 0.392 e. The van der Waals surface area contributed by atoms with Crippen molar-refractivity contribution in [1.29, 1.82) is 0 Å². The molecule has 0 amide bonds. The molecule has 0 rings (SSSR count). The lowest BCUT2D eigenvalue weighted by Gasteiger charge is -2.10. The van der Waals surface area contributed by atoms with Gasteiger partial charge in [-0.05, 0) is 19.4 Å². The summed E-state index contributed by atoms with van der Waals surface area (Å²) in [5.74, 6) is 0.721. The van der Waals surface area contributed by atoms with E-state index in [1.807, 2.05) is 0 Å². The molecule has 0 aliphatic carbocycles. The Balaban J connectivity index is 3.03. The van der Waals surface area contributed by atoms with Crippen LogP contribution in [0, 0.1) is 5.92 Å². The van der Waals surface area contributed by atoms with Gasteiger partial charge in [0.1, 0.15) is 0 Å². The summed E-state index contributed by atoms with van der Waals surface area (Å²) in [5, 5.41) is 12.1. The second kappa shape index (κ2) is 5.69. The quantitative estimate of drug-likeness (QED) is 0.605. The maximum absolute atomic E-state index is 8.88. The molecule has 0 aromatic rings. The molecule has 0 aliphatic heterocycles. The Hall–Kier alpha value is -0.0800. The van der Waals surface area contributed by atoms with Crippen molar-refractivity contribution in [3.05, 3.63) is 0 Å². The third-order valence-corrected chi connectivity index (χ3v) is 1.63. The molecule has 0 aromatic heterocycles. The van der Waals surface area contributed by atoms with Crippen molar-refractivity contribution >= 4 is 0 Å². The average Bonchev–Trinajstić information content (AvgIpc) is 1.87. The number of nitrogens with one attached hydrogen (secondary N) is 1. The molecule has 2 N–H and O–H groups in total. The highest BCUT2D eigenvalue weighted by Crippen LogP contribution is 1.96. The number of aliphatic hydroxyl groups is 1. The first-order valence-corrected chi connectivity index (χ1v) is 4.05. The van der Waals surface area contributed by atoms with Gasteiger partial charge in [0.25, 0.3) is 0 Å². The van der Waals surface area contributed by atoms with E-state index in [0.29, 0.717) is 6.54 Å². The van der Waals surface area contributed by atoms with E-state index >= 15 is 0 Å². The Morgan fingerprint density at radius 2 is 1.90 bits per heavy atom. The fourth-order valence-electron chi connectivity index (χ4n) is 0.683. The Labute approximate surface area is 63.6 Å². The van der Waals surface area contributed by atoms with Crippen molar-refractivity contribution in [2.75, 3.05) is 13.1 Å². The van der Waals surface area contributed by atoms with Gasteiger partial charge in [-0.25, -0.2) is 0 Å². The van der Waals surface area contributed by atoms with Crippen LogP contribution >= 0.6 is 0 Å². The zero-order valence-electron chi connectivity index (χ0n) is 7.22. The van der Waals surface area contributed by atoms with Gasteiger partial charge in [-0.1, -0.05) is 20.3 Å². The van der Waals surface area contributed by atoms with Crippen LogP contribution in [0.25, 0.3) is 0 Å². The Morgan fingerprint density at radius 3 is 2.30 bits per heavy atom. The average molecular weight is 145 g/mol. The lowest BCUT2D eigenvalue weighted by Crippen LogP contribution is -2.28. The van der Waals surface area contributed by atoms with Crippen molar-refractivity contribution in [2.45, 2.75) is 33.3 Å². The summed E-state index contributed by atoms with van der Waals surface area (Å²) in [7, 11) is 0. The van der Waals surface area contributed by atoms with E-state index in [9.17, 15) is 0 Å². The molecule has 0 saturated carbocycles. The summed E-state index contributed by atoms with van der Waals surface area (Å²) in [4.78, 5) is 0. The summed E-state index contributed by atoms with van der Waals surface area (Å²) in [6.45, 7) is 7.90. The van der Waals surface area contributed by atoms with Gasteiger partial charge in [-0.15, -0.1) is 0 Å². The van der Waals surface area contributed by atoms with Crippen LogP contribution in [0.2, 0.25) is 0 Å². The minimum Gasteiger partial charge on any atom is -0.392 e. The first-order valence-electron chi connectivity index (χ1n) is 4.05. The first-order chi connectivity index (χ1) is 4.66. The van der Waals surface area contributed by atoms with Crippen molar-refractivity contribution in [3.8, 4) is 0 Å². The minimum atomic E-state index is -0.218. The van der Waals surface area contributed by atoms with Gasteiger partial charge in [0.15, 0.2) is 0 Å². The Morgan fingerprint density at radius 1 is 1.30 bits per heavy atom. The zero-order chi connectivity index (χ0) is 7.98. The maximum atomic E-state index is 8.88. The molecule has 0 heterocycles. The normalized spacial score (nSPS) is 16.8. The monoisotopic (exact) mass is 145 g/mol. The molecule has 2 nitrogen and oxygen atoms in total. The second-order valence-corrected chi connectivity index (χ2v) is 3.02. The summed E-state index contributed by atoms with van der Waals surface area (Å²) in [6, 6.07) is 0. The van der Waals surface area contributed by atoms with Gasteiger partial charge in [-0.2, -0.15) is 0 Å². The number of hydrogen-bond donors (Lipinski definition) is 2. The summed E-state index contributed by atoms with van der Waals surface area (Å²) < 4.78 is 0. The van der Waals surface area contributed by atoms with E-state index in [2.05, 4.69) is 19.2 Å². The van der Waals surface area contributed by atoms with Gasteiger partial charge in [0, 0.05) is 6.54 Å². The van der Waals surface area contributed by atoms with E-state index < -0.39 is 0 Å². The standard InChI is InChI=1S/C8H19NO/c1-4-7(2)5-9-6-8(3)10/h7-10H,4-6H2,1-3H3/t7?,8-/m1/s1. The molecule has 0 radical (unpaired) electrons. The molecule has 0 spiro atoms. The number of aliphatic hydroxyl groups excluding tert-OH is 1. The van der Waals surface area contributed by atoms with Crippen LogP contribution in [0.15, 0.2) is 0 Å². The molecular weight excluding hydrogens is 126 g/mol. The predicted octanol–water partition coefficient (Wildman–Crippen LogP) is 1.00. The molecule has 2 atom stereocenters. The van der Waals surface area contributed by atoms with Crippen molar-refractivity contribution < 1.29 is 5.11 Å². The Kier molecular flexibility index (Phi) is 5.64. The molecule has 2 heteroatoms. The molecule has 0 aliphatic rings. The van der Waals surface area contributed by atoms with Crippen LogP contribution in [-0.4, -0.2) is 24.3 Å². The topological polar surface area (TPSA) is 32.3 Å². The second-order valence-electron chi connectivity index (χ2n) is 3.02. The smallest absolute Gasteiger partial charge is 0.0636 e. The summed E-state index contributed by atoms with van der Waals surface area (Å²) >= 11 is 0. The fourth-order valence-corrected chi connectivity index (χ4v) is 0.683. The van der Waals surface area contributed by atoms with E-state index in [1.165, 1.54) is 6.42 Å². The summed E-state index contributed by atoms with van der Waals surface area (Å²) in [6.07, 6.45) is 0.983. The van der Waals surface area contributed by atoms with Crippen LogP contribution in [-0.2, 0) is 0 Å². The predicted molar refractivity (Wildman–Crippen MR) is 44.0 cm³/mol. The highest BCUT2D eigenvalue weighted by atomic mass is 16.3. The van der Waals surface area contributed by atoms with Crippen molar-refractivity contribution in [3.63, 3.8) is 0 Å². The lowest BCUT2D eigenvalue weighted by molar-refractivity contribution is 0.189. The SMILES string of the molecule is CCC(C)CNC[C@@H](C)O. The molecule has 0 fully saturated rings. The van der Waals surface area contributed by atoms with E-state index in [0.717, 1.165) is 12.5 Å². The molecule has 0 saturated heterocycles. The minimum absolute atomic E-state index is 0.218. The summed E-state index contributed by atoms with van der Waals surface area (Å²) in [5.41, 5.74) is 0. The van der Waals surface area contributed by atoms with Crippen LogP contribution in [0.1, 0.15) is 27.2 Å². The molecule has 10 heavy (non-hydrogen) atoms. The van der Waals surface area contributed by atoms with Gasteiger partial charge in [-0.3, -0.25) is 0 Å².